The second-order valence-electron chi connectivity index (χ2n) is 6.92. The zero-order valence-electron chi connectivity index (χ0n) is 14.6. The van der Waals surface area contributed by atoms with Gasteiger partial charge in [0.1, 0.15) is 5.69 Å². The number of nitrogens with one attached hydrogen (secondary N) is 1. The maximum Gasteiger partial charge on any atom is 0.223 e. The van der Waals surface area contributed by atoms with Gasteiger partial charge in [0.15, 0.2) is 5.76 Å². The average molecular weight is 334 g/mol. The largest absolute Gasteiger partial charge is 0.356 e. The second-order valence-corrected chi connectivity index (χ2v) is 6.92. The molecule has 5 heteroatoms. The fourth-order valence-corrected chi connectivity index (χ4v) is 2.66. The molecule has 4 rings (SSSR count). The van der Waals surface area contributed by atoms with Gasteiger partial charge in [-0.15, -0.1) is 0 Å². The third kappa shape index (κ3) is 3.71. The van der Waals surface area contributed by atoms with Gasteiger partial charge in [-0.2, -0.15) is 0 Å². The molecule has 1 aliphatic carbocycles. The van der Waals surface area contributed by atoms with Crippen LogP contribution < -0.4 is 5.32 Å². The molecular weight excluding hydrogens is 312 g/mol. The minimum atomic E-state index is 0.323. The molecule has 0 bridgehead atoms. The standard InChI is InChI=1S/C20H22N4O/c1-13(2)16-10-17(23-20(22-16)21-12-14-8-9-14)18-11-19(25-24-18)15-6-4-3-5-7-15/h3-7,10-11,13-14H,8-9,12H2,1-2H3,(H,21,22,23). The molecule has 0 spiro atoms. The van der Waals surface area contributed by atoms with Crippen molar-refractivity contribution >= 4 is 5.95 Å². The van der Waals surface area contributed by atoms with E-state index in [0.717, 1.165) is 40.9 Å². The van der Waals surface area contributed by atoms with E-state index >= 15 is 0 Å². The average Bonchev–Trinajstić information content (AvgIpc) is 3.34. The van der Waals surface area contributed by atoms with E-state index in [9.17, 15) is 0 Å². The minimum absolute atomic E-state index is 0.323. The van der Waals surface area contributed by atoms with E-state index in [1.165, 1.54) is 12.8 Å². The van der Waals surface area contributed by atoms with Crippen molar-refractivity contribution in [1.29, 1.82) is 0 Å². The predicted molar refractivity (Wildman–Crippen MR) is 98.3 cm³/mol. The van der Waals surface area contributed by atoms with E-state index < -0.39 is 0 Å². The Kier molecular flexibility index (Phi) is 4.22. The third-order valence-electron chi connectivity index (χ3n) is 4.41. The quantitative estimate of drug-likeness (QED) is 0.705. The molecule has 3 aromatic rings. The lowest BCUT2D eigenvalue weighted by molar-refractivity contribution is 0.434. The van der Waals surface area contributed by atoms with Crippen LogP contribution in [0.4, 0.5) is 5.95 Å². The Bertz CT molecular complexity index is 853. The molecule has 0 aliphatic heterocycles. The van der Waals surface area contributed by atoms with Crippen LogP contribution in [0.5, 0.6) is 0 Å². The van der Waals surface area contributed by atoms with Gasteiger partial charge in [0.2, 0.25) is 5.95 Å². The maximum atomic E-state index is 5.52. The Morgan fingerprint density at radius 1 is 1.08 bits per heavy atom. The summed E-state index contributed by atoms with van der Waals surface area (Å²) in [5.74, 6) is 2.51. The van der Waals surface area contributed by atoms with Gasteiger partial charge in [-0.05, 0) is 30.7 Å². The topological polar surface area (TPSA) is 63.8 Å². The lowest BCUT2D eigenvalue weighted by atomic mass is 10.1. The molecule has 128 valence electrons. The Hall–Kier alpha value is -2.69. The summed E-state index contributed by atoms with van der Waals surface area (Å²) in [4.78, 5) is 9.29. The molecule has 0 unspecified atom stereocenters. The van der Waals surface area contributed by atoms with Crippen LogP contribution in [0.3, 0.4) is 0 Å². The van der Waals surface area contributed by atoms with Crippen molar-refractivity contribution in [2.75, 3.05) is 11.9 Å². The molecule has 1 aliphatic rings. The first-order chi connectivity index (χ1) is 12.2. The maximum absolute atomic E-state index is 5.52. The fraction of sp³-hybridized carbons (Fsp3) is 0.350. The molecular formula is C20H22N4O. The normalized spacial score (nSPS) is 14.0. The Morgan fingerprint density at radius 3 is 2.60 bits per heavy atom. The highest BCUT2D eigenvalue weighted by atomic mass is 16.5. The van der Waals surface area contributed by atoms with E-state index in [-0.39, 0.29) is 0 Å². The summed E-state index contributed by atoms with van der Waals surface area (Å²) in [5, 5.41) is 7.59. The van der Waals surface area contributed by atoms with Gasteiger partial charge in [0, 0.05) is 23.9 Å². The molecule has 25 heavy (non-hydrogen) atoms. The Balaban J connectivity index is 1.65. The summed E-state index contributed by atoms with van der Waals surface area (Å²) in [7, 11) is 0. The first-order valence-corrected chi connectivity index (χ1v) is 8.84. The fourth-order valence-electron chi connectivity index (χ4n) is 2.66. The van der Waals surface area contributed by atoms with Crippen molar-refractivity contribution in [2.45, 2.75) is 32.6 Å². The number of anilines is 1. The molecule has 2 heterocycles. The van der Waals surface area contributed by atoms with Crippen LogP contribution in [0, 0.1) is 5.92 Å². The van der Waals surface area contributed by atoms with Gasteiger partial charge in [-0.25, -0.2) is 9.97 Å². The third-order valence-corrected chi connectivity index (χ3v) is 4.41. The van der Waals surface area contributed by atoms with E-state index in [0.29, 0.717) is 11.9 Å². The van der Waals surface area contributed by atoms with Crippen molar-refractivity contribution in [3.05, 3.63) is 48.2 Å². The highest BCUT2D eigenvalue weighted by Crippen LogP contribution is 2.30. The van der Waals surface area contributed by atoms with Crippen LogP contribution in [-0.4, -0.2) is 21.7 Å². The highest BCUT2D eigenvalue weighted by molar-refractivity contribution is 5.65. The molecule has 5 nitrogen and oxygen atoms in total. The van der Waals surface area contributed by atoms with Gasteiger partial charge >= 0.3 is 0 Å². The molecule has 1 aromatic carbocycles. The van der Waals surface area contributed by atoms with Crippen LogP contribution in [0.1, 0.15) is 38.3 Å². The summed E-state index contributed by atoms with van der Waals surface area (Å²) >= 11 is 0. The van der Waals surface area contributed by atoms with Crippen LogP contribution in [-0.2, 0) is 0 Å². The number of nitrogens with zero attached hydrogens (tertiary/aromatic N) is 3. The van der Waals surface area contributed by atoms with Crippen LogP contribution in [0.15, 0.2) is 47.0 Å². The van der Waals surface area contributed by atoms with Crippen molar-refractivity contribution in [2.24, 2.45) is 5.92 Å². The van der Waals surface area contributed by atoms with Gasteiger partial charge in [-0.1, -0.05) is 49.3 Å². The number of aromatic nitrogens is 3. The summed E-state index contributed by atoms with van der Waals surface area (Å²) < 4.78 is 5.52. The number of hydrogen-bond donors (Lipinski definition) is 1. The van der Waals surface area contributed by atoms with Gasteiger partial charge in [-0.3, -0.25) is 0 Å². The predicted octanol–water partition coefficient (Wildman–Crippen LogP) is 4.74. The summed E-state index contributed by atoms with van der Waals surface area (Å²) in [6.07, 6.45) is 2.60. The highest BCUT2D eigenvalue weighted by Gasteiger charge is 2.21. The smallest absolute Gasteiger partial charge is 0.223 e. The lowest BCUT2D eigenvalue weighted by Crippen LogP contribution is -2.09. The van der Waals surface area contributed by atoms with Gasteiger partial charge < -0.3 is 9.84 Å². The van der Waals surface area contributed by atoms with Gasteiger partial charge in [0.05, 0.1) is 5.69 Å². The van der Waals surface area contributed by atoms with E-state index in [4.69, 9.17) is 4.52 Å². The monoisotopic (exact) mass is 334 g/mol. The van der Waals surface area contributed by atoms with Gasteiger partial charge in [0.25, 0.3) is 0 Å². The molecule has 2 aromatic heterocycles. The Morgan fingerprint density at radius 2 is 1.88 bits per heavy atom. The first kappa shape index (κ1) is 15.8. The van der Waals surface area contributed by atoms with Crippen molar-refractivity contribution < 1.29 is 4.52 Å². The SMILES string of the molecule is CC(C)c1cc(-c2cc(-c3ccccc3)on2)nc(NCC2CC2)n1. The molecule has 0 atom stereocenters. The molecule has 1 N–H and O–H groups in total. The van der Waals surface area contributed by atoms with Crippen molar-refractivity contribution in [3.63, 3.8) is 0 Å². The van der Waals surface area contributed by atoms with Crippen molar-refractivity contribution in [1.82, 2.24) is 15.1 Å². The van der Waals surface area contributed by atoms with E-state index in [2.05, 4.69) is 34.3 Å². The molecule has 1 fully saturated rings. The van der Waals surface area contributed by atoms with E-state index in [1.54, 1.807) is 0 Å². The molecule has 0 amide bonds. The second kappa shape index (κ2) is 6.67. The van der Waals surface area contributed by atoms with E-state index in [1.807, 2.05) is 42.5 Å². The molecule has 0 radical (unpaired) electrons. The number of hydrogen-bond acceptors (Lipinski definition) is 5. The van der Waals surface area contributed by atoms with Crippen LogP contribution in [0.2, 0.25) is 0 Å². The zero-order valence-corrected chi connectivity index (χ0v) is 14.6. The molecule has 0 saturated heterocycles. The minimum Gasteiger partial charge on any atom is -0.356 e. The first-order valence-electron chi connectivity index (χ1n) is 8.84. The van der Waals surface area contributed by atoms with Crippen LogP contribution in [0.25, 0.3) is 22.7 Å². The summed E-state index contributed by atoms with van der Waals surface area (Å²) in [6.45, 7) is 5.21. The zero-order chi connectivity index (χ0) is 17.2. The van der Waals surface area contributed by atoms with Crippen LogP contribution >= 0.6 is 0 Å². The molecule has 1 saturated carbocycles. The lowest BCUT2D eigenvalue weighted by Gasteiger charge is -2.10. The number of benzene rings is 1. The van der Waals surface area contributed by atoms with Crippen molar-refractivity contribution in [3.8, 4) is 22.7 Å². The summed E-state index contributed by atoms with van der Waals surface area (Å²) in [6, 6.07) is 13.9. The number of rotatable bonds is 6. The summed E-state index contributed by atoms with van der Waals surface area (Å²) in [5.41, 5.74) is 3.54. The Labute approximate surface area is 147 Å².